The summed E-state index contributed by atoms with van der Waals surface area (Å²) in [5, 5.41) is 10.4. The number of nitriles is 1. The van der Waals surface area contributed by atoms with Crippen LogP contribution in [-0.2, 0) is 0 Å². The molecule has 2 aromatic heterocycles. The van der Waals surface area contributed by atoms with Crippen LogP contribution in [0.3, 0.4) is 0 Å². The first-order valence-corrected chi connectivity index (χ1v) is 13.0. The second-order valence-corrected chi connectivity index (χ2v) is 9.91. The van der Waals surface area contributed by atoms with E-state index in [1.807, 2.05) is 27.7 Å². The molecule has 2 aromatic carbocycles. The van der Waals surface area contributed by atoms with Crippen molar-refractivity contribution in [2.75, 3.05) is 20.0 Å². The summed E-state index contributed by atoms with van der Waals surface area (Å²) in [5.74, 6) is 1.51. The molecule has 0 amide bonds. The number of anilines is 1. The zero-order chi connectivity index (χ0) is 29.4. The molecule has 0 spiro atoms. The van der Waals surface area contributed by atoms with Gasteiger partial charge in [0.2, 0.25) is 11.4 Å². The van der Waals surface area contributed by atoms with Crippen LogP contribution in [0, 0.1) is 11.3 Å². The molecule has 41 heavy (non-hydrogen) atoms. The number of oxazole rings is 2. The minimum Gasteiger partial charge on any atom is -0.493 e. The Kier molecular flexibility index (Phi) is 7.24. The van der Waals surface area contributed by atoms with Crippen molar-refractivity contribution in [2.45, 2.75) is 45.8 Å². The fourth-order valence-corrected chi connectivity index (χ4v) is 4.77. The highest BCUT2D eigenvalue weighted by Crippen LogP contribution is 2.41. The number of rotatable bonds is 8. The van der Waals surface area contributed by atoms with Gasteiger partial charge in [-0.1, -0.05) is 12.1 Å². The predicted octanol–water partition coefficient (Wildman–Crippen LogP) is 3.24. The fraction of sp³-hybridized carbons (Fsp3) is 0.300. The summed E-state index contributed by atoms with van der Waals surface area (Å²) in [6.45, 7) is 7.65. The summed E-state index contributed by atoms with van der Waals surface area (Å²) in [5.41, 5.74) is 7.13. The Labute approximate surface area is 235 Å². The molecule has 0 bridgehead atoms. The van der Waals surface area contributed by atoms with Gasteiger partial charge in [0.1, 0.15) is 22.7 Å². The van der Waals surface area contributed by atoms with E-state index in [0.29, 0.717) is 39.8 Å². The summed E-state index contributed by atoms with van der Waals surface area (Å²) >= 11 is 0. The molecular formula is C30H30N4O7. The van der Waals surface area contributed by atoms with Gasteiger partial charge in [0.25, 0.3) is 6.01 Å². The molecule has 1 atom stereocenters. The van der Waals surface area contributed by atoms with Crippen LogP contribution >= 0.6 is 0 Å². The van der Waals surface area contributed by atoms with Gasteiger partial charge in [0, 0.05) is 0 Å². The van der Waals surface area contributed by atoms with E-state index in [0.717, 1.165) is 0 Å². The van der Waals surface area contributed by atoms with E-state index < -0.39 is 11.5 Å². The quantitative estimate of drug-likeness (QED) is 0.342. The molecule has 2 N–H and O–H groups in total. The molecule has 11 heteroatoms. The van der Waals surface area contributed by atoms with Crippen LogP contribution in [0.15, 0.2) is 50.0 Å². The molecule has 3 heterocycles. The molecular weight excluding hydrogens is 528 g/mol. The number of nitrogens with two attached hydrogens (primary N) is 1. The summed E-state index contributed by atoms with van der Waals surface area (Å²) in [7, 11) is 3.07. The van der Waals surface area contributed by atoms with Crippen molar-refractivity contribution in [3.8, 4) is 35.0 Å². The Morgan fingerprint density at radius 1 is 0.976 bits per heavy atom. The molecule has 1 aliphatic rings. The van der Waals surface area contributed by atoms with Crippen molar-refractivity contribution in [1.29, 1.82) is 5.26 Å². The molecule has 1 unspecified atom stereocenters. The van der Waals surface area contributed by atoms with E-state index in [2.05, 4.69) is 11.1 Å². The molecule has 1 aliphatic heterocycles. The molecule has 11 nitrogen and oxygen atoms in total. The number of aromatic nitrogens is 2. The molecule has 0 radical (unpaired) electrons. The number of hydrogen-bond donors (Lipinski definition) is 1. The van der Waals surface area contributed by atoms with Gasteiger partial charge in [0.05, 0.1) is 32.3 Å². The van der Waals surface area contributed by atoms with Gasteiger partial charge in [-0.25, -0.2) is 9.36 Å². The Hall–Kier alpha value is -5.11. The topological polar surface area (TPSA) is 148 Å². The van der Waals surface area contributed by atoms with Crippen molar-refractivity contribution in [3.63, 3.8) is 0 Å². The Morgan fingerprint density at radius 2 is 1.61 bits per heavy atom. The van der Waals surface area contributed by atoms with Crippen LogP contribution in [0.1, 0.15) is 50.4 Å². The van der Waals surface area contributed by atoms with Crippen LogP contribution in [0.5, 0.6) is 23.0 Å². The van der Waals surface area contributed by atoms with E-state index in [4.69, 9.17) is 33.5 Å². The van der Waals surface area contributed by atoms with Crippen molar-refractivity contribution < 1.29 is 27.8 Å². The van der Waals surface area contributed by atoms with E-state index in [9.17, 15) is 10.1 Å². The van der Waals surface area contributed by atoms with Crippen LogP contribution in [-0.4, -0.2) is 36.0 Å². The van der Waals surface area contributed by atoms with Crippen LogP contribution < -0.4 is 41.2 Å². The molecule has 0 fully saturated rings. The van der Waals surface area contributed by atoms with Gasteiger partial charge in [-0.3, -0.25) is 0 Å². The first kappa shape index (κ1) is 27.5. The van der Waals surface area contributed by atoms with Crippen LogP contribution in [0.4, 0.5) is 6.01 Å². The highest BCUT2D eigenvalue weighted by Gasteiger charge is 2.36. The lowest BCUT2D eigenvalue weighted by molar-refractivity contribution is 0.230. The van der Waals surface area contributed by atoms with E-state index in [-0.39, 0.29) is 40.6 Å². The van der Waals surface area contributed by atoms with Crippen LogP contribution in [0.25, 0.3) is 17.5 Å². The molecule has 0 aliphatic carbocycles. The lowest BCUT2D eigenvalue weighted by Gasteiger charge is -2.21. The molecule has 0 saturated heterocycles. The fourth-order valence-electron chi connectivity index (χ4n) is 4.77. The number of benzene rings is 2. The Balaban J connectivity index is 1.73. The van der Waals surface area contributed by atoms with Gasteiger partial charge >= 0.3 is 5.63 Å². The third-order valence-corrected chi connectivity index (χ3v) is 6.35. The van der Waals surface area contributed by atoms with E-state index in [1.165, 1.54) is 18.8 Å². The third kappa shape index (κ3) is 5.00. The van der Waals surface area contributed by atoms with Crippen molar-refractivity contribution in [2.24, 2.45) is 0 Å². The standard InChI is InChI=1S/C30H30N4O7/c1-15(2)38-21-9-7-17(12-23(21)36-5)11-20-29(35)40-27-19(14-31)25(26-28(34(20)27)41-30(32)33-26)18-8-10-22(39-16(3)4)24(13-18)37-6/h7-13,15-16,25H,1-6H3,(H2,32,33)/b20-11-. The van der Waals surface area contributed by atoms with Gasteiger partial charge in [-0.2, -0.15) is 10.2 Å². The monoisotopic (exact) mass is 558 g/mol. The maximum absolute atomic E-state index is 13.2. The van der Waals surface area contributed by atoms with Gasteiger partial charge in [-0.05, 0) is 69.2 Å². The second kappa shape index (κ2) is 10.8. The lowest BCUT2D eigenvalue weighted by Crippen LogP contribution is -2.35. The number of methoxy groups -OCH3 is 2. The zero-order valence-corrected chi connectivity index (χ0v) is 23.6. The zero-order valence-electron chi connectivity index (χ0n) is 23.6. The van der Waals surface area contributed by atoms with E-state index >= 15 is 0 Å². The third-order valence-electron chi connectivity index (χ3n) is 6.35. The SMILES string of the molecule is COc1cc(/C=c2/c(=O)oc3n2-c2oc(N)nc2C(c2ccc(OC(C)C)c(OC)c2)C=3C#N)ccc1OC(C)C. The van der Waals surface area contributed by atoms with Gasteiger partial charge in [-0.15, -0.1) is 0 Å². The summed E-state index contributed by atoms with van der Waals surface area (Å²) < 4.78 is 35.6. The maximum Gasteiger partial charge on any atom is 0.362 e. The Morgan fingerprint density at radius 3 is 2.22 bits per heavy atom. The predicted molar refractivity (Wildman–Crippen MR) is 150 cm³/mol. The average Bonchev–Trinajstić information content (AvgIpc) is 3.47. The first-order valence-electron chi connectivity index (χ1n) is 13.0. The second-order valence-electron chi connectivity index (χ2n) is 9.91. The van der Waals surface area contributed by atoms with Crippen LogP contribution in [0.2, 0.25) is 0 Å². The van der Waals surface area contributed by atoms with Crippen molar-refractivity contribution in [1.82, 2.24) is 9.55 Å². The number of ether oxygens (including phenoxy) is 4. The van der Waals surface area contributed by atoms with Crippen molar-refractivity contribution >= 4 is 17.7 Å². The lowest BCUT2D eigenvalue weighted by atomic mass is 9.87. The highest BCUT2D eigenvalue weighted by atomic mass is 16.5. The highest BCUT2D eigenvalue weighted by molar-refractivity contribution is 5.73. The van der Waals surface area contributed by atoms with Crippen molar-refractivity contribution in [3.05, 3.63) is 74.5 Å². The average molecular weight is 559 g/mol. The minimum atomic E-state index is -0.746. The van der Waals surface area contributed by atoms with Gasteiger partial charge < -0.3 is 33.5 Å². The maximum atomic E-state index is 13.2. The smallest absolute Gasteiger partial charge is 0.362 e. The normalized spacial score (nSPS) is 14.6. The number of hydrogen-bond acceptors (Lipinski definition) is 10. The number of nitrogen functional groups attached to an aromatic ring is 1. The minimum absolute atomic E-state index is 0.0191. The van der Waals surface area contributed by atoms with Gasteiger partial charge in [0.15, 0.2) is 23.0 Å². The molecule has 5 rings (SSSR count). The number of fused-ring (bicyclic) bond motifs is 3. The molecule has 4 aromatic rings. The summed E-state index contributed by atoms with van der Waals surface area (Å²) in [6, 6.07) is 12.7. The summed E-state index contributed by atoms with van der Waals surface area (Å²) in [4.78, 5) is 17.6. The largest absolute Gasteiger partial charge is 0.493 e. The number of nitrogens with zero attached hydrogens (tertiary/aromatic N) is 3. The summed E-state index contributed by atoms with van der Waals surface area (Å²) in [6.07, 6.45) is 1.49. The molecule has 0 saturated carbocycles. The molecule has 212 valence electrons. The Bertz CT molecular complexity index is 1840. The van der Waals surface area contributed by atoms with E-state index in [1.54, 1.807) is 42.5 Å². The first-order chi connectivity index (χ1) is 19.6.